The third-order valence-corrected chi connectivity index (χ3v) is 2.96. The number of hydrogen-bond donors (Lipinski definition) is 0. The maximum Gasteiger partial charge on any atom is 0.182 e. The van der Waals surface area contributed by atoms with Crippen LogP contribution in [0, 0.1) is 0 Å². The molecule has 0 radical (unpaired) electrons. The Bertz CT molecular complexity index is 388. The Morgan fingerprint density at radius 1 is 1.53 bits per heavy atom. The van der Waals surface area contributed by atoms with Crippen LogP contribution in [0.1, 0.15) is 50.1 Å². The van der Waals surface area contributed by atoms with E-state index in [1.54, 1.807) is 11.8 Å². The summed E-state index contributed by atoms with van der Waals surface area (Å²) in [4.78, 5) is 12.1. The number of ether oxygens (including phenoxy) is 1. The van der Waals surface area contributed by atoms with Crippen molar-refractivity contribution in [3.63, 3.8) is 0 Å². The average molecular weight is 259 g/mol. The van der Waals surface area contributed by atoms with E-state index in [0.717, 1.165) is 0 Å². The highest BCUT2D eigenvalue weighted by atomic mass is 35.5. The molecule has 0 bridgehead atoms. The second-order valence-corrected chi connectivity index (χ2v) is 4.79. The van der Waals surface area contributed by atoms with E-state index in [2.05, 4.69) is 5.10 Å². The summed E-state index contributed by atoms with van der Waals surface area (Å²) in [6.07, 6.45) is 2.71. The molecule has 0 saturated heterocycles. The topological polar surface area (TPSA) is 44.1 Å². The molecular formula is C12H19ClN2O2. The molecule has 17 heavy (non-hydrogen) atoms. The van der Waals surface area contributed by atoms with Crippen LogP contribution in [0.3, 0.4) is 0 Å². The van der Waals surface area contributed by atoms with Crippen LogP contribution < -0.4 is 0 Å². The monoisotopic (exact) mass is 258 g/mol. The number of rotatable bonds is 6. The van der Waals surface area contributed by atoms with Crippen LogP contribution in [-0.2, 0) is 4.74 Å². The minimum Gasteiger partial charge on any atom is -0.382 e. The van der Waals surface area contributed by atoms with E-state index in [-0.39, 0.29) is 17.9 Å². The number of ketones is 1. The van der Waals surface area contributed by atoms with E-state index in [1.807, 2.05) is 20.8 Å². The lowest BCUT2D eigenvalue weighted by atomic mass is 10.1. The Morgan fingerprint density at radius 2 is 2.18 bits per heavy atom. The first-order valence-electron chi connectivity index (χ1n) is 5.76. The van der Waals surface area contributed by atoms with Gasteiger partial charge < -0.3 is 4.74 Å². The fraction of sp³-hybridized carbons (Fsp3) is 0.667. The smallest absolute Gasteiger partial charge is 0.182 e. The molecular weight excluding hydrogens is 240 g/mol. The van der Waals surface area contributed by atoms with Gasteiger partial charge in [-0.15, -0.1) is 0 Å². The number of halogens is 1. The molecule has 1 aromatic rings. The Balaban J connectivity index is 2.78. The van der Waals surface area contributed by atoms with Gasteiger partial charge in [-0.05, 0) is 27.2 Å². The number of carbonyl (C=O) groups is 1. The molecule has 0 fully saturated rings. The van der Waals surface area contributed by atoms with Crippen LogP contribution >= 0.6 is 11.6 Å². The minimum atomic E-state index is 0.0186. The zero-order valence-electron chi connectivity index (χ0n) is 10.7. The number of hydrogen-bond acceptors (Lipinski definition) is 3. The zero-order valence-corrected chi connectivity index (χ0v) is 11.5. The number of Topliss-reactive ketones (excluding diaryl/α,β-unsaturated/α-hetero) is 1. The third-order valence-electron chi connectivity index (χ3n) is 2.68. The first kappa shape index (κ1) is 14.2. The van der Waals surface area contributed by atoms with Crippen molar-refractivity contribution in [1.29, 1.82) is 0 Å². The minimum absolute atomic E-state index is 0.0186. The van der Waals surface area contributed by atoms with Gasteiger partial charge in [0.2, 0.25) is 0 Å². The van der Waals surface area contributed by atoms with E-state index in [9.17, 15) is 4.79 Å². The fourth-order valence-electron chi connectivity index (χ4n) is 1.56. The van der Waals surface area contributed by atoms with E-state index in [1.165, 1.54) is 6.20 Å². The number of methoxy groups -OCH3 is 1. The van der Waals surface area contributed by atoms with Gasteiger partial charge in [-0.2, -0.15) is 5.10 Å². The standard InChI is InChI=1S/C12H19ClN2O2/c1-8(2)15-12(10(13)7-14-15)11(16)6-5-9(3)17-4/h7-9H,5-6H2,1-4H3. The molecule has 0 aliphatic carbocycles. The van der Waals surface area contributed by atoms with Gasteiger partial charge in [-0.25, -0.2) is 0 Å². The zero-order chi connectivity index (χ0) is 13.0. The van der Waals surface area contributed by atoms with Gasteiger partial charge in [0.05, 0.1) is 17.3 Å². The first-order chi connectivity index (χ1) is 7.97. The van der Waals surface area contributed by atoms with E-state index in [0.29, 0.717) is 23.6 Å². The van der Waals surface area contributed by atoms with Crippen molar-refractivity contribution in [3.8, 4) is 0 Å². The molecule has 1 atom stereocenters. The maximum absolute atomic E-state index is 12.1. The highest BCUT2D eigenvalue weighted by Gasteiger charge is 2.19. The molecule has 1 rings (SSSR count). The van der Waals surface area contributed by atoms with E-state index >= 15 is 0 Å². The summed E-state index contributed by atoms with van der Waals surface area (Å²) in [7, 11) is 1.64. The fourth-order valence-corrected chi connectivity index (χ4v) is 1.80. The van der Waals surface area contributed by atoms with Crippen LogP contribution in [0.4, 0.5) is 0 Å². The molecule has 4 nitrogen and oxygen atoms in total. The van der Waals surface area contributed by atoms with Crippen LogP contribution in [0.15, 0.2) is 6.20 Å². The Morgan fingerprint density at radius 3 is 2.71 bits per heavy atom. The van der Waals surface area contributed by atoms with Crippen molar-refractivity contribution in [2.75, 3.05) is 7.11 Å². The van der Waals surface area contributed by atoms with Crippen LogP contribution in [-0.4, -0.2) is 28.8 Å². The van der Waals surface area contributed by atoms with Crippen LogP contribution in [0.25, 0.3) is 0 Å². The summed E-state index contributed by atoms with van der Waals surface area (Å²) in [5, 5.41) is 4.54. The number of nitrogens with zero attached hydrogens (tertiary/aromatic N) is 2. The summed E-state index contributed by atoms with van der Waals surface area (Å²) in [6, 6.07) is 0.126. The highest BCUT2D eigenvalue weighted by molar-refractivity contribution is 6.33. The molecule has 0 N–H and O–H groups in total. The van der Waals surface area contributed by atoms with Gasteiger partial charge in [-0.1, -0.05) is 11.6 Å². The molecule has 96 valence electrons. The molecule has 0 saturated carbocycles. The molecule has 0 aliphatic heterocycles. The number of aromatic nitrogens is 2. The normalized spacial score (nSPS) is 13.1. The average Bonchev–Trinajstić information content (AvgIpc) is 2.67. The number of carbonyl (C=O) groups excluding carboxylic acids is 1. The van der Waals surface area contributed by atoms with Gasteiger partial charge in [0, 0.05) is 19.6 Å². The second-order valence-electron chi connectivity index (χ2n) is 4.39. The summed E-state index contributed by atoms with van der Waals surface area (Å²) in [6.45, 7) is 5.88. The third kappa shape index (κ3) is 3.54. The van der Waals surface area contributed by atoms with Gasteiger partial charge in [0.15, 0.2) is 5.78 Å². The molecule has 1 heterocycles. The van der Waals surface area contributed by atoms with Gasteiger partial charge in [0.25, 0.3) is 0 Å². The summed E-state index contributed by atoms with van der Waals surface area (Å²) < 4.78 is 6.79. The summed E-state index contributed by atoms with van der Waals surface area (Å²) in [5.74, 6) is 0.0186. The van der Waals surface area contributed by atoms with Crippen molar-refractivity contribution in [2.24, 2.45) is 0 Å². The van der Waals surface area contributed by atoms with Crippen molar-refractivity contribution >= 4 is 17.4 Å². The summed E-state index contributed by atoms with van der Waals surface area (Å²) >= 11 is 6.00. The van der Waals surface area contributed by atoms with E-state index < -0.39 is 0 Å². The van der Waals surface area contributed by atoms with Crippen molar-refractivity contribution in [3.05, 3.63) is 16.9 Å². The first-order valence-corrected chi connectivity index (χ1v) is 6.14. The molecule has 0 amide bonds. The summed E-state index contributed by atoms with van der Waals surface area (Å²) in [5.41, 5.74) is 0.505. The predicted molar refractivity (Wildman–Crippen MR) is 67.7 cm³/mol. The van der Waals surface area contributed by atoms with Crippen LogP contribution in [0.5, 0.6) is 0 Å². The van der Waals surface area contributed by atoms with Gasteiger partial charge >= 0.3 is 0 Å². The quantitative estimate of drug-likeness (QED) is 0.737. The van der Waals surface area contributed by atoms with Crippen molar-refractivity contribution in [2.45, 2.75) is 45.8 Å². The highest BCUT2D eigenvalue weighted by Crippen LogP contribution is 2.21. The second kappa shape index (κ2) is 6.17. The molecule has 0 aliphatic rings. The SMILES string of the molecule is COC(C)CCC(=O)c1c(Cl)cnn1C(C)C. The van der Waals surface area contributed by atoms with Crippen LogP contribution in [0.2, 0.25) is 5.02 Å². The predicted octanol–water partition coefficient (Wildman–Crippen LogP) is 3.12. The van der Waals surface area contributed by atoms with E-state index in [4.69, 9.17) is 16.3 Å². The molecule has 0 spiro atoms. The largest absolute Gasteiger partial charge is 0.382 e. The lowest BCUT2D eigenvalue weighted by Crippen LogP contribution is -2.15. The molecule has 1 unspecified atom stereocenters. The Kier molecular flexibility index (Phi) is 5.15. The maximum atomic E-state index is 12.1. The molecule has 5 heteroatoms. The molecule has 0 aromatic carbocycles. The van der Waals surface area contributed by atoms with Gasteiger partial charge in [0.1, 0.15) is 5.69 Å². The molecule has 1 aromatic heterocycles. The lowest BCUT2D eigenvalue weighted by Gasteiger charge is -2.12. The Hall–Kier alpha value is -0.870. The lowest BCUT2D eigenvalue weighted by molar-refractivity contribution is 0.0868. The van der Waals surface area contributed by atoms with Crippen molar-refractivity contribution < 1.29 is 9.53 Å². The Labute approximate surface area is 107 Å². The van der Waals surface area contributed by atoms with Gasteiger partial charge in [-0.3, -0.25) is 9.48 Å². The van der Waals surface area contributed by atoms with Crippen molar-refractivity contribution in [1.82, 2.24) is 9.78 Å².